The van der Waals surface area contributed by atoms with Crippen molar-refractivity contribution < 1.29 is 0 Å². The molecule has 80 heavy (non-hydrogen) atoms. The molecule has 0 aliphatic heterocycles. The number of anilines is 6. The Kier molecular flexibility index (Phi) is 13.8. The Morgan fingerprint density at radius 1 is 0.100 bits per heavy atom. The summed E-state index contributed by atoms with van der Waals surface area (Å²) in [4.78, 5) is 4.69. The second-order valence-electron chi connectivity index (χ2n) is 20.1. The highest BCUT2D eigenvalue weighted by Gasteiger charge is 2.17. The topological polar surface area (TPSA) is 6.48 Å². The third-order valence-corrected chi connectivity index (χ3v) is 15.2. The van der Waals surface area contributed by atoms with Crippen LogP contribution in [-0.4, -0.2) is 0 Å². The lowest BCUT2D eigenvalue weighted by Gasteiger charge is -2.26. The van der Waals surface area contributed by atoms with Crippen LogP contribution in [0.5, 0.6) is 0 Å². The van der Waals surface area contributed by atoms with Crippen LogP contribution in [-0.2, 0) is 0 Å². The van der Waals surface area contributed by atoms with Crippen molar-refractivity contribution in [3.05, 3.63) is 340 Å². The SMILES string of the molecule is c1ccc(-c2ccc(-c3ccc(N(c4ccc(-c5ccc(-c6ccccc6)cc5)cc4)c4ccc(-c5ccc(-c6ccc(N(c7ccc(-c8ccccc8)cc7)c7ccc(-c8ccccc8)cc7)cc6)cc5)cc4)cc3)cc2)cc1. The molecule has 0 saturated heterocycles. The second kappa shape index (κ2) is 22.6. The zero-order valence-corrected chi connectivity index (χ0v) is 44.2. The molecule has 0 aromatic heterocycles. The van der Waals surface area contributed by atoms with Gasteiger partial charge in [-0.25, -0.2) is 0 Å². The standard InChI is InChI=1S/C78H56N2/c1-5-13-57(14-6-1)61-21-25-63(26-22-61)69-37-49-76(50-38-69)80(77-51-39-70(40-52-77)64-27-23-62(24-28-64)58-15-7-2-8-16-58)78-55-43-72(44-56-78)66-31-29-65(30-32-66)71-41-53-75(54-42-71)79(73-45-33-67(34-46-73)59-17-9-3-10-18-59)74-47-35-68(36-48-74)60-19-11-4-12-20-60/h1-56H. The van der Waals surface area contributed by atoms with Crippen molar-refractivity contribution in [3.63, 3.8) is 0 Å². The van der Waals surface area contributed by atoms with Crippen molar-refractivity contribution in [1.82, 2.24) is 0 Å². The summed E-state index contributed by atoms with van der Waals surface area (Å²) >= 11 is 0. The van der Waals surface area contributed by atoms with E-state index in [1.54, 1.807) is 0 Å². The Balaban J connectivity index is 0.761. The molecule has 2 nitrogen and oxygen atoms in total. The predicted octanol–water partition coefficient (Wildman–Crippen LogP) is 22.0. The summed E-state index contributed by atoms with van der Waals surface area (Å²) in [6, 6.07) is 122. The molecule has 2 heteroatoms. The highest BCUT2D eigenvalue weighted by molar-refractivity contribution is 5.84. The van der Waals surface area contributed by atoms with Crippen molar-refractivity contribution in [2.24, 2.45) is 0 Å². The van der Waals surface area contributed by atoms with Crippen LogP contribution in [0.3, 0.4) is 0 Å². The minimum atomic E-state index is 1.08. The number of hydrogen-bond donors (Lipinski definition) is 0. The Labute approximate surface area is 470 Å². The summed E-state index contributed by atoms with van der Waals surface area (Å²) in [5.41, 5.74) is 25.6. The first kappa shape index (κ1) is 49.1. The van der Waals surface area contributed by atoms with E-state index in [1.165, 1.54) is 72.3 Å². The zero-order chi connectivity index (χ0) is 53.5. The van der Waals surface area contributed by atoms with Gasteiger partial charge in [-0.05, 0) is 162 Å². The van der Waals surface area contributed by atoms with E-state index < -0.39 is 0 Å². The van der Waals surface area contributed by atoms with Gasteiger partial charge in [0.1, 0.15) is 0 Å². The predicted molar refractivity (Wildman–Crippen MR) is 339 cm³/mol. The molecule has 0 fully saturated rings. The molecule has 0 unspecified atom stereocenters. The molecule has 0 atom stereocenters. The lowest BCUT2D eigenvalue weighted by atomic mass is 9.99. The monoisotopic (exact) mass is 1020 g/mol. The number of benzene rings is 13. The highest BCUT2D eigenvalue weighted by atomic mass is 15.1. The fourth-order valence-electron chi connectivity index (χ4n) is 10.8. The minimum absolute atomic E-state index is 1.08. The molecule has 0 saturated carbocycles. The lowest BCUT2D eigenvalue weighted by Crippen LogP contribution is -2.09. The molecule has 13 aromatic rings. The van der Waals surface area contributed by atoms with Gasteiger partial charge in [0.25, 0.3) is 0 Å². The van der Waals surface area contributed by atoms with Gasteiger partial charge in [0.05, 0.1) is 0 Å². The largest absolute Gasteiger partial charge is 0.311 e. The summed E-state index contributed by atoms with van der Waals surface area (Å²) in [6.45, 7) is 0. The van der Waals surface area contributed by atoms with Gasteiger partial charge < -0.3 is 9.80 Å². The van der Waals surface area contributed by atoms with Gasteiger partial charge in [-0.2, -0.15) is 0 Å². The quantitative estimate of drug-likeness (QED) is 0.107. The normalized spacial score (nSPS) is 11.0. The van der Waals surface area contributed by atoms with Crippen LogP contribution in [0.4, 0.5) is 34.1 Å². The Hall–Kier alpha value is -10.5. The van der Waals surface area contributed by atoms with Crippen LogP contribution in [0.15, 0.2) is 340 Å². The van der Waals surface area contributed by atoms with Crippen molar-refractivity contribution >= 4 is 34.1 Å². The molecule has 0 aliphatic rings. The maximum Gasteiger partial charge on any atom is 0.0462 e. The zero-order valence-electron chi connectivity index (χ0n) is 44.2. The Morgan fingerprint density at radius 2 is 0.200 bits per heavy atom. The van der Waals surface area contributed by atoms with Gasteiger partial charge >= 0.3 is 0 Å². The molecule has 0 amide bonds. The maximum absolute atomic E-state index is 2.35. The molecular weight excluding hydrogens is 965 g/mol. The van der Waals surface area contributed by atoms with Crippen LogP contribution in [0.25, 0.3) is 89.0 Å². The molecule has 378 valence electrons. The van der Waals surface area contributed by atoms with Gasteiger partial charge in [0.2, 0.25) is 0 Å². The van der Waals surface area contributed by atoms with Gasteiger partial charge in [-0.3, -0.25) is 0 Å². The Morgan fingerprint density at radius 3 is 0.325 bits per heavy atom. The summed E-state index contributed by atoms with van der Waals surface area (Å²) < 4.78 is 0. The van der Waals surface area contributed by atoms with E-state index in [0.29, 0.717) is 0 Å². The third-order valence-electron chi connectivity index (χ3n) is 15.2. The van der Waals surface area contributed by atoms with Crippen LogP contribution in [0.1, 0.15) is 0 Å². The third kappa shape index (κ3) is 10.6. The molecule has 0 bridgehead atoms. The molecule has 0 spiro atoms. The molecule has 13 rings (SSSR count). The molecule has 13 aromatic carbocycles. The summed E-state index contributed by atoms with van der Waals surface area (Å²) in [6.07, 6.45) is 0. The van der Waals surface area contributed by atoms with Gasteiger partial charge in [0, 0.05) is 34.1 Å². The number of rotatable bonds is 14. The summed E-state index contributed by atoms with van der Waals surface area (Å²) in [7, 11) is 0. The molecule has 0 heterocycles. The molecule has 0 N–H and O–H groups in total. The van der Waals surface area contributed by atoms with E-state index in [2.05, 4.69) is 350 Å². The first-order chi connectivity index (χ1) is 39.6. The van der Waals surface area contributed by atoms with Crippen LogP contribution in [0, 0.1) is 0 Å². The first-order valence-electron chi connectivity index (χ1n) is 27.4. The van der Waals surface area contributed by atoms with E-state index in [9.17, 15) is 0 Å². The average molecular weight is 1020 g/mol. The van der Waals surface area contributed by atoms with Crippen molar-refractivity contribution in [3.8, 4) is 89.0 Å². The van der Waals surface area contributed by atoms with E-state index in [0.717, 1.165) is 50.8 Å². The first-order valence-corrected chi connectivity index (χ1v) is 27.4. The molecule has 0 aliphatic carbocycles. The maximum atomic E-state index is 2.35. The van der Waals surface area contributed by atoms with Gasteiger partial charge in [-0.15, -0.1) is 0 Å². The second-order valence-corrected chi connectivity index (χ2v) is 20.1. The van der Waals surface area contributed by atoms with Crippen LogP contribution < -0.4 is 9.80 Å². The lowest BCUT2D eigenvalue weighted by molar-refractivity contribution is 1.28. The molecule has 0 radical (unpaired) electrons. The van der Waals surface area contributed by atoms with Crippen molar-refractivity contribution in [1.29, 1.82) is 0 Å². The minimum Gasteiger partial charge on any atom is -0.311 e. The summed E-state index contributed by atoms with van der Waals surface area (Å²) in [5.74, 6) is 0. The van der Waals surface area contributed by atoms with E-state index in [4.69, 9.17) is 0 Å². The Bertz CT molecular complexity index is 3880. The number of nitrogens with zero attached hydrogens (tertiary/aromatic N) is 2. The average Bonchev–Trinajstić information content (AvgIpc) is 3.55. The van der Waals surface area contributed by atoms with E-state index in [-0.39, 0.29) is 0 Å². The van der Waals surface area contributed by atoms with E-state index in [1.807, 2.05) is 0 Å². The van der Waals surface area contributed by atoms with Gasteiger partial charge in [0.15, 0.2) is 0 Å². The highest BCUT2D eigenvalue weighted by Crippen LogP contribution is 2.41. The van der Waals surface area contributed by atoms with Crippen LogP contribution >= 0.6 is 0 Å². The number of hydrogen-bond acceptors (Lipinski definition) is 2. The van der Waals surface area contributed by atoms with Crippen molar-refractivity contribution in [2.45, 2.75) is 0 Å². The van der Waals surface area contributed by atoms with Gasteiger partial charge in [-0.1, -0.05) is 267 Å². The fourth-order valence-corrected chi connectivity index (χ4v) is 10.8. The summed E-state index contributed by atoms with van der Waals surface area (Å²) in [5, 5.41) is 0. The fraction of sp³-hybridized carbons (Fsp3) is 0. The molecular formula is C78H56N2. The van der Waals surface area contributed by atoms with Crippen LogP contribution in [0.2, 0.25) is 0 Å². The smallest absolute Gasteiger partial charge is 0.0462 e. The van der Waals surface area contributed by atoms with E-state index >= 15 is 0 Å². The van der Waals surface area contributed by atoms with Crippen molar-refractivity contribution in [2.75, 3.05) is 9.80 Å².